The van der Waals surface area contributed by atoms with Crippen LogP contribution in [0, 0.1) is 12.8 Å². The standard InChI is InChI=1S/C12H19NOS/c1-10-2-5-12(15-10)9-13(6-7-14)8-11-3-4-11/h2,5,11,14H,3-4,6-9H2,1H3. The van der Waals surface area contributed by atoms with Crippen LogP contribution in [0.4, 0.5) is 0 Å². The maximum Gasteiger partial charge on any atom is 0.0558 e. The van der Waals surface area contributed by atoms with Gasteiger partial charge in [0, 0.05) is 29.4 Å². The van der Waals surface area contributed by atoms with E-state index in [9.17, 15) is 0 Å². The summed E-state index contributed by atoms with van der Waals surface area (Å²) in [4.78, 5) is 5.17. The molecule has 0 atom stereocenters. The largest absolute Gasteiger partial charge is 0.395 e. The Morgan fingerprint density at radius 2 is 2.27 bits per heavy atom. The highest BCUT2D eigenvalue weighted by Crippen LogP contribution is 2.30. The van der Waals surface area contributed by atoms with E-state index in [0.29, 0.717) is 0 Å². The zero-order valence-electron chi connectivity index (χ0n) is 9.28. The lowest BCUT2D eigenvalue weighted by Gasteiger charge is -2.20. The predicted molar refractivity (Wildman–Crippen MR) is 64.1 cm³/mol. The van der Waals surface area contributed by atoms with Crippen LogP contribution in [0.1, 0.15) is 22.6 Å². The van der Waals surface area contributed by atoms with Crippen molar-refractivity contribution in [2.24, 2.45) is 5.92 Å². The highest BCUT2D eigenvalue weighted by molar-refractivity contribution is 7.11. The van der Waals surface area contributed by atoms with E-state index in [4.69, 9.17) is 5.11 Å². The van der Waals surface area contributed by atoms with Crippen LogP contribution >= 0.6 is 11.3 Å². The van der Waals surface area contributed by atoms with Gasteiger partial charge < -0.3 is 5.11 Å². The van der Waals surface area contributed by atoms with Crippen LogP contribution in [0.5, 0.6) is 0 Å². The zero-order valence-corrected chi connectivity index (χ0v) is 10.1. The van der Waals surface area contributed by atoms with E-state index < -0.39 is 0 Å². The van der Waals surface area contributed by atoms with Gasteiger partial charge in [0.15, 0.2) is 0 Å². The lowest BCUT2D eigenvalue weighted by atomic mass is 10.3. The normalized spacial score (nSPS) is 16.2. The average Bonchev–Trinajstić information content (AvgIpc) is 2.90. The third-order valence-corrected chi connectivity index (χ3v) is 3.79. The molecule has 2 nitrogen and oxygen atoms in total. The van der Waals surface area contributed by atoms with Gasteiger partial charge in [-0.05, 0) is 37.8 Å². The van der Waals surface area contributed by atoms with E-state index in [1.165, 1.54) is 22.6 Å². The molecule has 0 spiro atoms. The molecule has 84 valence electrons. The molecule has 0 aromatic carbocycles. The minimum absolute atomic E-state index is 0.275. The highest BCUT2D eigenvalue weighted by Gasteiger charge is 2.24. The second kappa shape index (κ2) is 5.10. The van der Waals surface area contributed by atoms with Crippen LogP contribution in [0.2, 0.25) is 0 Å². The summed E-state index contributed by atoms with van der Waals surface area (Å²) in [6.07, 6.45) is 2.76. The first kappa shape index (κ1) is 11.1. The number of rotatable bonds is 6. The molecule has 15 heavy (non-hydrogen) atoms. The van der Waals surface area contributed by atoms with Crippen molar-refractivity contribution in [2.45, 2.75) is 26.3 Å². The van der Waals surface area contributed by atoms with Crippen LogP contribution in [-0.4, -0.2) is 29.7 Å². The molecule has 0 radical (unpaired) electrons. The number of hydrogen-bond acceptors (Lipinski definition) is 3. The molecular formula is C12H19NOS. The first-order chi connectivity index (χ1) is 7.28. The SMILES string of the molecule is Cc1ccc(CN(CCO)CC2CC2)s1. The van der Waals surface area contributed by atoms with E-state index in [2.05, 4.69) is 24.0 Å². The summed E-state index contributed by atoms with van der Waals surface area (Å²) in [6, 6.07) is 4.38. The Kier molecular flexibility index (Phi) is 3.78. The number of thiophene rings is 1. The van der Waals surface area contributed by atoms with Crippen molar-refractivity contribution in [1.82, 2.24) is 4.90 Å². The van der Waals surface area contributed by atoms with Gasteiger partial charge in [-0.3, -0.25) is 4.90 Å². The Morgan fingerprint density at radius 3 is 2.80 bits per heavy atom. The number of aliphatic hydroxyl groups excluding tert-OH is 1. The molecule has 1 aromatic heterocycles. The van der Waals surface area contributed by atoms with E-state index >= 15 is 0 Å². The van der Waals surface area contributed by atoms with Gasteiger partial charge in [0.25, 0.3) is 0 Å². The fourth-order valence-electron chi connectivity index (χ4n) is 1.83. The van der Waals surface area contributed by atoms with E-state index in [-0.39, 0.29) is 6.61 Å². The molecule has 1 aromatic rings. The van der Waals surface area contributed by atoms with Crippen molar-refractivity contribution in [1.29, 1.82) is 0 Å². The van der Waals surface area contributed by atoms with Gasteiger partial charge in [-0.15, -0.1) is 11.3 Å². The summed E-state index contributed by atoms with van der Waals surface area (Å²) >= 11 is 1.87. The van der Waals surface area contributed by atoms with Crippen molar-refractivity contribution in [3.05, 3.63) is 21.9 Å². The molecule has 1 saturated carbocycles. The van der Waals surface area contributed by atoms with Gasteiger partial charge in [-0.2, -0.15) is 0 Å². The van der Waals surface area contributed by atoms with Crippen LogP contribution in [-0.2, 0) is 6.54 Å². The van der Waals surface area contributed by atoms with E-state index in [1.54, 1.807) is 0 Å². The first-order valence-corrected chi connectivity index (χ1v) is 6.48. The molecular weight excluding hydrogens is 206 g/mol. The molecule has 1 N–H and O–H groups in total. The third kappa shape index (κ3) is 3.59. The Labute approximate surface area is 95.5 Å². The van der Waals surface area contributed by atoms with Crippen LogP contribution in [0.15, 0.2) is 12.1 Å². The lowest BCUT2D eigenvalue weighted by Crippen LogP contribution is -2.28. The quantitative estimate of drug-likeness (QED) is 0.803. The summed E-state index contributed by atoms with van der Waals surface area (Å²) in [5, 5.41) is 9.01. The van der Waals surface area contributed by atoms with Crippen LogP contribution in [0.3, 0.4) is 0 Å². The lowest BCUT2D eigenvalue weighted by molar-refractivity contribution is 0.186. The number of hydrogen-bond donors (Lipinski definition) is 1. The van der Waals surface area contributed by atoms with Crippen LogP contribution in [0.25, 0.3) is 0 Å². The van der Waals surface area contributed by atoms with Gasteiger partial charge in [0.1, 0.15) is 0 Å². The molecule has 1 fully saturated rings. The Hall–Kier alpha value is -0.380. The summed E-state index contributed by atoms with van der Waals surface area (Å²) < 4.78 is 0. The van der Waals surface area contributed by atoms with Gasteiger partial charge in [-0.1, -0.05) is 0 Å². The summed E-state index contributed by atoms with van der Waals surface area (Å²) in [5.74, 6) is 0.901. The summed E-state index contributed by atoms with van der Waals surface area (Å²) in [6.45, 7) is 5.41. The molecule has 1 aliphatic rings. The fourth-order valence-corrected chi connectivity index (χ4v) is 2.77. The smallest absolute Gasteiger partial charge is 0.0558 e. The van der Waals surface area contributed by atoms with Gasteiger partial charge in [-0.25, -0.2) is 0 Å². The van der Waals surface area contributed by atoms with E-state index in [1.807, 2.05) is 11.3 Å². The summed E-state index contributed by atoms with van der Waals surface area (Å²) in [7, 11) is 0. The minimum atomic E-state index is 0.275. The molecule has 0 saturated heterocycles. The monoisotopic (exact) mass is 225 g/mol. The molecule has 3 heteroatoms. The second-order valence-electron chi connectivity index (χ2n) is 4.41. The second-order valence-corrected chi connectivity index (χ2v) is 5.79. The van der Waals surface area contributed by atoms with Gasteiger partial charge in [0.05, 0.1) is 6.61 Å². The third-order valence-electron chi connectivity index (χ3n) is 2.81. The Balaban J connectivity index is 1.86. The molecule has 0 bridgehead atoms. The topological polar surface area (TPSA) is 23.5 Å². The number of nitrogens with zero attached hydrogens (tertiary/aromatic N) is 1. The summed E-state index contributed by atoms with van der Waals surface area (Å²) in [5.41, 5.74) is 0. The van der Waals surface area contributed by atoms with Crippen molar-refractivity contribution >= 4 is 11.3 Å². The van der Waals surface area contributed by atoms with Crippen molar-refractivity contribution in [3.8, 4) is 0 Å². The van der Waals surface area contributed by atoms with E-state index in [0.717, 1.165) is 25.6 Å². The molecule has 1 aliphatic carbocycles. The fraction of sp³-hybridized carbons (Fsp3) is 0.667. The zero-order chi connectivity index (χ0) is 10.7. The molecule has 2 rings (SSSR count). The first-order valence-electron chi connectivity index (χ1n) is 5.66. The van der Waals surface area contributed by atoms with Crippen LogP contribution < -0.4 is 0 Å². The molecule has 1 heterocycles. The van der Waals surface area contributed by atoms with Crippen molar-refractivity contribution in [2.75, 3.05) is 19.7 Å². The number of aliphatic hydroxyl groups is 1. The van der Waals surface area contributed by atoms with Crippen molar-refractivity contribution in [3.63, 3.8) is 0 Å². The molecule has 0 amide bonds. The van der Waals surface area contributed by atoms with Gasteiger partial charge >= 0.3 is 0 Å². The van der Waals surface area contributed by atoms with Crippen molar-refractivity contribution < 1.29 is 5.11 Å². The maximum absolute atomic E-state index is 9.01. The molecule has 0 unspecified atom stereocenters. The number of aryl methyl sites for hydroxylation is 1. The molecule has 0 aliphatic heterocycles. The maximum atomic E-state index is 9.01. The highest BCUT2D eigenvalue weighted by atomic mass is 32.1. The Morgan fingerprint density at radius 1 is 1.47 bits per heavy atom. The minimum Gasteiger partial charge on any atom is -0.395 e. The van der Waals surface area contributed by atoms with Gasteiger partial charge in [0.2, 0.25) is 0 Å². The Bertz CT molecular complexity index is 306. The predicted octanol–water partition coefficient (Wildman–Crippen LogP) is 2.26. The average molecular weight is 225 g/mol.